The van der Waals surface area contributed by atoms with Gasteiger partial charge in [-0.25, -0.2) is 4.79 Å². The first-order valence-corrected chi connectivity index (χ1v) is 5.03. The molecule has 0 saturated heterocycles. The summed E-state index contributed by atoms with van der Waals surface area (Å²) in [7, 11) is 1.36. The van der Waals surface area contributed by atoms with Crippen LogP contribution in [0.4, 0.5) is 5.69 Å². The van der Waals surface area contributed by atoms with Crippen LogP contribution in [0.2, 0.25) is 5.02 Å². The van der Waals surface area contributed by atoms with Gasteiger partial charge in [0.25, 0.3) is 0 Å². The zero-order chi connectivity index (χ0) is 11.4. The Hall–Kier alpha value is -1.22. The molecule has 0 bridgehead atoms. The van der Waals surface area contributed by atoms with Crippen LogP contribution in [0, 0.1) is 6.92 Å². The Morgan fingerprint density at radius 3 is 2.73 bits per heavy atom. The molecular weight excluding hydrogens is 214 g/mol. The fourth-order valence-electron chi connectivity index (χ4n) is 1.17. The van der Waals surface area contributed by atoms with Gasteiger partial charge in [0.2, 0.25) is 0 Å². The number of anilines is 1. The number of esters is 1. The smallest absolute Gasteiger partial charge is 0.327 e. The summed E-state index contributed by atoms with van der Waals surface area (Å²) in [5, 5.41) is 3.68. The van der Waals surface area contributed by atoms with Crippen LogP contribution in [0.25, 0.3) is 0 Å². The summed E-state index contributed by atoms with van der Waals surface area (Å²) >= 11 is 5.95. The highest BCUT2D eigenvalue weighted by atomic mass is 35.5. The molecule has 1 N–H and O–H groups in total. The molecule has 1 aromatic carbocycles. The SMILES string of the molecule is COC(=O)C(C)Nc1ccc(C)c(Cl)c1. The van der Waals surface area contributed by atoms with Crippen LogP contribution in [0.15, 0.2) is 18.2 Å². The van der Waals surface area contributed by atoms with Crippen LogP contribution < -0.4 is 5.32 Å². The van der Waals surface area contributed by atoms with E-state index in [1.165, 1.54) is 7.11 Å². The normalized spacial score (nSPS) is 12.0. The molecule has 1 aromatic rings. The summed E-state index contributed by atoms with van der Waals surface area (Å²) in [5.41, 5.74) is 1.82. The second-order valence-corrected chi connectivity index (χ2v) is 3.76. The van der Waals surface area contributed by atoms with Crippen molar-refractivity contribution in [1.82, 2.24) is 0 Å². The minimum Gasteiger partial charge on any atom is -0.467 e. The fourth-order valence-corrected chi connectivity index (χ4v) is 1.35. The fraction of sp³-hybridized carbons (Fsp3) is 0.364. The van der Waals surface area contributed by atoms with E-state index in [2.05, 4.69) is 10.1 Å². The standard InChI is InChI=1S/C11H14ClNO2/c1-7-4-5-9(6-10(7)12)13-8(2)11(14)15-3/h4-6,8,13H,1-3H3. The molecule has 1 atom stereocenters. The molecule has 4 heteroatoms. The van der Waals surface area contributed by atoms with Crippen molar-refractivity contribution in [1.29, 1.82) is 0 Å². The van der Waals surface area contributed by atoms with Crippen LogP contribution in [0.5, 0.6) is 0 Å². The van der Waals surface area contributed by atoms with Crippen molar-refractivity contribution in [3.05, 3.63) is 28.8 Å². The number of hydrogen-bond donors (Lipinski definition) is 1. The highest BCUT2D eigenvalue weighted by Crippen LogP contribution is 2.20. The number of methoxy groups -OCH3 is 1. The van der Waals surface area contributed by atoms with Gasteiger partial charge in [0, 0.05) is 10.7 Å². The maximum Gasteiger partial charge on any atom is 0.327 e. The first-order valence-electron chi connectivity index (χ1n) is 4.65. The molecule has 1 rings (SSSR count). The molecule has 0 spiro atoms. The van der Waals surface area contributed by atoms with Gasteiger partial charge in [0.05, 0.1) is 7.11 Å². The van der Waals surface area contributed by atoms with E-state index in [4.69, 9.17) is 11.6 Å². The van der Waals surface area contributed by atoms with Gasteiger partial charge in [0.1, 0.15) is 6.04 Å². The highest BCUT2D eigenvalue weighted by molar-refractivity contribution is 6.31. The van der Waals surface area contributed by atoms with Crippen LogP contribution in [-0.4, -0.2) is 19.1 Å². The Morgan fingerprint density at radius 1 is 1.53 bits per heavy atom. The highest BCUT2D eigenvalue weighted by Gasteiger charge is 2.12. The Kier molecular flexibility index (Phi) is 3.97. The van der Waals surface area contributed by atoms with Crippen molar-refractivity contribution in [2.45, 2.75) is 19.9 Å². The Balaban J connectivity index is 2.73. The predicted octanol–water partition coefficient (Wildman–Crippen LogP) is 2.62. The summed E-state index contributed by atoms with van der Waals surface area (Å²) in [6.45, 7) is 3.66. The summed E-state index contributed by atoms with van der Waals surface area (Å²) < 4.78 is 4.60. The van der Waals surface area contributed by atoms with E-state index in [1.54, 1.807) is 13.0 Å². The van der Waals surface area contributed by atoms with Crippen molar-refractivity contribution in [2.75, 3.05) is 12.4 Å². The van der Waals surface area contributed by atoms with Crippen LogP contribution in [-0.2, 0) is 9.53 Å². The third kappa shape index (κ3) is 3.13. The average Bonchev–Trinajstić information content (AvgIpc) is 2.22. The maximum atomic E-state index is 11.2. The number of rotatable bonds is 3. The molecule has 0 amide bonds. The molecule has 0 aromatic heterocycles. The quantitative estimate of drug-likeness (QED) is 0.807. The topological polar surface area (TPSA) is 38.3 Å². The predicted molar refractivity (Wildman–Crippen MR) is 61.3 cm³/mol. The number of carbonyl (C=O) groups excluding carboxylic acids is 1. The summed E-state index contributed by atoms with van der Waals surface area (Å²) in [6.07, 6.45) is 0. The maximum absolute atomic E-state index is 11.2. The second kappa shape index (κ2) is 5.03. The lowest BCUT2D eigenvalue weighted by atomic mass is 10.2. The average molecular weight is 228 g/mol. The molecule has 82 valence electrons. The van der Waals surface area contributed by atoms with Gasteiger partial charge < -0.3 is 10.1 Å². The number of ether oxygens (including phenoxy) is 1. The molecule has 0 aliphatic heterocycles. The lowest BCUT2D eigenvalue weighted by molar-refractivity contribution is -0.141. The van der Waals surface area contributed by atoms with Gasteiger partial charge in [-0.15, -0.1) is 0 Å². The molecule has 3 nitrogen and oxygen atoms in total. The number of carbonyl (C=O) groups is 1. The molecule has 0 heterocycles. The third-order valence-electron chi connectivity index (χ3n) is 2.11. The van der Waals surface area contributed by atoms with Crippen molar-refractivity contribution in [2.24, 2.45) is 0 Å². The van der Waals surface area contributed by atoms with E-state index in [-0.39, 0.29) is 12.0 Å². The van der Waals surface area contributed by atoms with Crippen molar-refractivity contribution < 1.29 is 9.53 Å². The van der Waals surface area contributed by atoms with Crippen LogP contribution in [0.1, 0.15) is 12.5 Å². The molecule has 0 fully saturated rings. The van der Waals surface area contributed by atoms with Gasteiger partial charge in [-0.05, 0) is 31.5 Å². The lowest BCUT2D eigenvalue weighted by Gasteiger charge is -2.13. The number of hydrogen-bond acceptors (Lipinski definition) is 3. The molecular formula is C11H14ClNO2. The number of aryl methyl sites for hydroxylation is 1. The van der Waals surface area contributed by atoms with Crippen LogP contribution in [0.3, 0.4) is 0 Å². The summed E-state index contributed by atoms with van der Waals surface area (Å²) in [6, 6.07) is 5.18. The van der Waals surface area contributed by atoms with E-state index >= 15 is 0 Å². The van der Waals surface area contributed by atoms with E-state index < -0.39 is 0 Å². The zero-order valence-corrected chi connectivity index (χ0v) is 9.76. The zero-order valence-electron chi connectivity index (χ0n) is 9.00. The van der Waals surface area contributed by atoms with Gasteiger partial charge in [0.15, 0.2) is 0 Å². The lowest BCUT2D eigenvalue weighted by Crippen LogP contribution is -2.27. The summed E-state index contributed by atoms with van der Waals surface area (Å²) in [4.78, 5) is 11.2. The number of halogens is 1. The molecule has 0 saturated carbocycles. The van der Waals surface area contributed by atoms with Crippen molar-refractivity contribution >= 4 is 23.3 Å². The van der Waals surface area contributed by atoms with Gasteiger partial charge in [-0.2, -0.15) is 0 Å². The third-order valence-corrected chi connectivity index (χ3v) is 2.52. The van der Waals surface area contributed by atoms with Crippen molar-refractivity contribution in [3.8, 4) is 0 Å². The second-order valence-electron chi connectivity index (χ2n) is 3.35. The molecule has 0 radical (unpaired) electrons. The van der Waals surface area contributed by atoms with Gasteiger partial charge >= 0.3 is 5.97 Å². The Morgan fingerprint density at radius 2 is 2.20 bits per heavy atom. The van der Waals surface area contributed by atoms with Crippen LogP contribution >= 0.6 is 11.6 Å². The number of nitrogens with one attached hydrogen (secondary N) is 1. The molecule has 0 aliphatic carbocycles. The molecule has 15 heavy (non-hydrogen) atoms. The first-order chi connectivity index (χ1) is 7.04. The first kappa shape index (κ1) is 11.9. The van der Waals surface area contributed by atoms with E-state index in [0.29, 0.717) is 5.02 Å². The van der Waals surface area contributed by atoms with Gasteiger partial charge in [-0.1, -0.05) is 17.7 Å². The van der Waals surface area contributed by atoms with Crippen molar-refractivity contribution in [3.63, 3.8) is 0 Å². The van der Waals surface area contributed by atoms with E-state index in [1.807, 2.05) is 19.1 Å². The van der Waals surface area contributed by atoms with E-state index in [9.17, 15) is 4.79 Å². The Bertz CT molecular complexity index is 366. The Labute approximate surface area is 94.4 Å². The van der Waals surface area contributed by atoms with E-state index in [0.717, 1.165) is 11.3 Å². The van der Waals surface area contributed by atoms with Gasteiger partial charge in [-0.3, -0.25) is 0 Å². The monoisotopic (exact) mass is 227 g/mol. The minimum absolute atomic E-state index is 0.299. The number of benzene rings is 1. The molecule has 0 aliphatic rings. The largest absolute Gasteiger partial charge is 0.467 e. The minimum atomic E-state index is -0.381. The molecule has 1 unspecified atom stereocenters. The summed E-state index contributed by atoms with van der Waals surface area (Å²) in [5.74, 6) is -0.299.